The van der Waals surface area contributed by atoms with Crippen molar-refractivity contribution in [3.05, 3.63) is 64.6 Å². The van der Waals surface area contributed by atoms with Gasteiger partial charge in [0.2, 0.25) is 5.91 Å². The molecule has 0 bridgehead atoms. The van der Waals surface area contributed by atoms with Crippen molar-refractivity contribution in [1.82, 2.24) is 4.90 Å². The molecule has 0 aliphatic heterocycles. The van der Waals surface area contributed by atoms with Gasteiger partial charge in [-0.2, -0.15) is 0 Å². The minimum Gasteiger partial charge on any atom is -0.493 e. The molecule has 0 saturated heterocycles. The number of likely N-dealkylation sites (N-methyl/N-ethyl adjacent to an activating group) is 1. The van der Waals surface area contributed by atoms with Crippen molar-refractivity contribution >= 4 is 21.5 Å². The first-order valence-corrected chi connectivity index (χ1v) is 11.6. The molecule has 0 aliphatic rings. The summed E-state index contributed by atoms with van der Waals surface area (Å²) in [7, 11) is -1.68. The third-order valence-electron chi connectivity index (χ3n) is 4.08. The molecule has 164 valence electrons. The smallest absolute Gasteiger partial charge is 0.247 e. The molecular weight excluding hydrogens is 402 g/mol. The summed E-state index contributed by atoms with van der Waals surface area (Å²) in [6, 6.07) is 7.60. The molecule has 0 atom stereocenters. The van der Waals surface area contributed by atoms with Crippen molar-refractivity contribution in [1.29, 1.82) is 0 Å². The standard InChI is InChI=1S/C23H31NO5S/c1-18(2)16-21(25)17-19(3)11-14-29-22-8-6-20(7-9-22)10-13-24(4)23(26)12-15-30(5,27)28/h6-9,12,15-17H,10-11,13-14H2,1-5H3/b15-12+,19-17+. The summed E-state index contributed by atoms with van der Waals surface area (Å²) in [6.07, 6.45) is 6.65. The van der Waals surface area contributed by atoms with Crippen molar-refractivity contribution in [2.24, 2.45) is 0 Å². The van der Waals surface area contributed by atoms with Crippen LogP contribution in [0.15, 0.2) is 59.0 Å². The Balaban J connectivity index is 2.46. The van der Waals surface area contributed by atoms with Crippen molar-refractivity contribution in [2.45, 2.75) is 33.6 Å². The number of rotatable bonds is 11. The zero-order chi connectivity index (χ0) is 22.7. The van der Waals surface area contributed by atoms with Gasteiger partial charge in [-0.3, -0.25) is 9.59 Å². The number of sulfone groups is 1. The monoisotopic (exact) mass is 433 g/mol. The predicted octanol–water partition coefficient (Wildman–Crippen LogP) is 3.50. The number of allylic oxidation sites excluding steroid dienone is 3. The maximum Gasteiger partial charge on any atom is 0.247 e. The molecule has 7 heteroatoms. The zero-order valence-corrected chi connectivity index (χ0v) is 19.2. The number of hydrogen-bond acceptors (Lipinski definition) is 5. The van der Waals surface area contributed by atoms with Crippen molar-refractivity contribution < 1.29 is 22.7 Å². The minimum absolute atomic E-state index is 0.00730. The minimum atomic E-state index is -3.31. The molecule has 0 radical (unpaired) electrons. The second-order valence-electron chi connectivity index (χ2n) is 7.50. The fraction of sp³-hybridized carbons (Fsp3) is 0.391. The van der Waals surface area contributed by atoms with Gasteiger partial charge in [-0.15, -0.1) is 0 Å². The molecule has 30 heavy (non-hydrogen) atoms. The Morgan fingerprint density at radius 1 is 1.07 bits per heavy atom. The molecular formula is C23H31NO5S. The fourth-order valence-electron chi connectivity index (χ4n) is 2.44. The van der Waals surface area contributed by atoms with E-state index in [1.807, 2.05) is 45.0 Å². The van der Waals surface area contributed by atoms with E-state index in [4.69, 9.17) is 4.74 Å². The van der Waals surface area contributed by atoms with Gasteiger partial charge < -0.3 is 9.64 Å². The van der Waals surface area contributed by atoms with Gasteiger partial charge in [-0.25, -0.2) is 8.42 Å². The third kappa shape index (κ3) is 11.4. The molecule has 0 aromatic heterocycles. The highest BCUT2D eigenvalue weighted by Crippen LogP contribution is 2.14. The van der Waals surface area contributed by atoms with Gasteiger partial charge in [-0.1, -0.05) is 23.3 Å². The molecule has 1 amide bonds. The van der Waals surface area contributed by atoms with Gasteiger partial charge in [0.15, 0.2) is 15.6 Å². The molecule has 0 heterocycles. The number of hydrogen-bond donors (Lipinski definition) is 0. The van der Waals surface area contributed by atoms with Gasteiger partial charge in [0.05, 0.1) is 6.61 Å². The molecule has 6 nitrogen and oxygen atoms in total. The summed E-state index contributed by atoms with van der Waals surface area (Å²) in [4.78, 5) is 25.1. The highest BCUT2D eigenvalue weighted by atomic mass is 32.2. The number of benzene rings is 1. The van der Waals surface area contributed by atoms with Crippen LogP contribution in [0.3, 0.4) is 0 Å². The SMILES string of the molecule is CC(C)=CC(=O)/C=C(\C)CCOc1ccc(CCN(C)C(=O)/C=C/S(C)(=O)=O)cc1. The Kier molecular flexibility index (Phi) is 10.3. The highest BCUT2D eigenvalue weighted by molar-refractivity contribution is 7.93. The Bertz CT molecular complexity index is 921. The van der Waals surface area contributed by atoms with E-state index >= 15 is 0 Å². The highest BCUT2D eigenvalue weighted by Gasteiger charge is 2.07. The fourth-order valence-corrected chi connectivity index (χ4v) is 2.80. The molecule has 1 aromatic rings. The normalized spacial score (nSPS) is 12.0. The van der Waals surface area contributed by atoms with E-state index in [1.54, 1.807) is 19.2 Å². The van der Waals surface area contributed by atoms with Crippen LogP contribution in [0.1, 0.15) is 32.8 Å². The molecule has 0 N–H and O–H groups in total. The molecule has 0 saturated carbocycles. The Morgan fingerprint density at radius 2 is 1.70 bits per heavy atom. The van der Waals surface area contributed by atoms with Crippen LogP contribution in [0.4, 0.5) is 0 Å². The first-order chi connectivity index (χ1) is 14.0. The molecule has 0 unspecified atom stereocenters. The summed E-state index contributed by atoms with van der Waals surface area (Å²) < 4.78 is 27.9. The van der Waals surface area contributed by atoms with Gasteiger partial charge in [-0.05, 0) is 57.0 Å². The summed E-state index contributed by atoms with van der Waals surface area (Å²) in [5, 5.41) is 0.909. The van der Waals surface area contributed by atoms with Crippen LogP contribution < -0.4 is 4.74 Å². The first kappa shape index (κ1) is 25.4. The third-order valence-corrected chi connectivity index (χ3v) is 4.71. The molecule has 0 spiro atoms. The molecule has 0 aliphatic carbocycles. The van der Waals surface area contributed by atoms with E-state index in [9.17, 15) is 18.0 Å². The maximum absolute atomic E-state index is 11.9. The van der Waals surface area contributed by atoms with Crippen LogP contribution in [0.25, 0.3) is 0 Å². The van der Waals surface area contributed by atoms with Gasteiger partial charge in [0.1, 0.15) is 5.75 Å². The van der Waals surface area contributed by atoms with Crippen LogP contribution in [0.2, 0.25) is 0 Å². The Labute approximate surface area is 179 Å². The molecule has 0 fully saturated rings. The largest absolute Gasteiger partial charge is 0.493 e. The summed E-state index contributed by atoms with van der Waals surface area (Å²) in [6.45, 7) is 6.64. The number of ether oxygens (including phenoxy) is 1. The number of nitrogens with zero attached hydrogens (tertiary/aromatic N) is 1. The van der Waals surface area contributed by atoms with Crippen LogP contribution >= 0.6 is 0 Å². The van der Waals surface area contributed by atoms with Crippen LogP contribution in [-0.2, 0) is 25.8 Å². The molecule has 1 aromatic carbocycles. The van der Waals surface area contributed by atoms with Crippen LogP contribution in [0, 0.1) is 0 Å². The Hall–Kier alpha value is -2.67. The zero-order valence-electron chi connectivity index (χ0n) is 18.3. The van der Waals surface area contributed by atoms with Gasteiger partial charge in [0.25, 0.3) is 0 Å². The number of amides is 1. The van der Waals surface area contributed by atoms with E-state index in [2.05, 4.69) is 0 Å². The quantitative estimate of drug-likeness (QED) is 0.499. The van der Waals surface area contributed by atoms with Crippen LogP contribution in [-0.4, -0.2) is 51.5 Å². The maximum atomic E-state index is 11.9. The summed E-state index contributed by atoms with van der Waals surface area (Å²) in [5.41, 5.74) is 2.98. The molecule has 1 rings (SSSR count). The van der Waals surface area contributed by atoms with Gasteiger partial charge in [0, 0.05) is 37.8 Å². The van der Waals surface area contributed by atoms with E-state index in [0.29, 0.717) is 26.0 Å². The van der Waals surface area contributed by atoms with Crippen molar-refractivity contribution in [2.75, 3.05) is 26.5 Å². The number of carbonyl (C=O) groups excluding carboxylic acids is 2. The summed E-state index contributed by atoms with van der Waals surface area (Å²) in [5.74, 6) is 0.377. The van der Waals surface area contributed by atoms with Crippen LogP contribution in [0.5, 0.6) is 5.75 Å². The van der Waals surface area contributed by atoms with Gasteiger partial charge >= 0.3 is 0 Å². The van der Waals surface area contributed by atoms with E-state index in [1.165, 1.54) is 4.90 Å². The average Bonchev–Trinajstić information content (AvgIpc) is 2.63. The second-order valence-corrected chi connectivity index (χ2v) is 9.43. The van der Waals surface area contributed by atoms with Crippen molar-refractivity contribution in [3.63, 3.8) is 0 Å². The number of ketones is 1. The average molecular weight is 434 g/mol. The second kappa shape index (κ2) is 12.1. The predicted molar refractivity (Wildman–Crippen MR) is 120 cm³/mol. The first-order valence-electron chi connectivity index (χ1n) is 9.67. The Morgan fingerprint density at radius 3 is 2.27 bits per heavy atom. The lowest BCUT2D eigenvalue weighted by atomic mass is 10.1. The lowest BCUT2D eigenvalue weighted by Crippen LogP contribution is -2.27. The lowest BCUT2D eigenvalue weighted by molar-refractivity contribution is -0.124. The van der Waals surface area contributed by atoms with E-state index < -0.39 is 9.84 Å². The van der Waals surface area contributed by atoms with E-state index in [-0.39, 0.29) is 11.7 Å². The van der Waals surface area contributed by atoms with Crippen molar-refractivity contribution in [3.8, 4) is 5.75 Å². The lowest BCUT2D eigenvalue weighted by Gasteiger charge is -2.15. The topological polar surface area (TPSA) is 80.8 Å². The summed E-state index contributed by atoms with van der Waals surface area (Å²) >= 11 is 0. The van der Waals surface area contributed by atoms with E-state index in [0.717, 1.165) is 40.2 Å². The number of carbonyl (C=O) groups is 2.